The van der Waals surface area contributed by atoms with E-state index in [0.29, 0.717) is 18.3 Å². The van der Waals surface area contributed by atoms with Gasteiger partial charge in [0.25, 0.3) is 5.91 Å². The van der Waals surface area contributed by atoms with Crippen molar-refractivity contribution < 1.29 is 9.53 Å². The van der Waals surface area contributed by atoms with E-state index in [1.165, 1.54) is 24.9 Å². The molecule has 2 heterocycles. The van der Waals surface area contributed by atoms with Crippen LogP contribution in [0, 0.1) is 0 Å². The Morgan fingerprint density at radius 1 is 1.53 bits per heavy atom. The second-order valence-electron chi connectivity index (χ2n) is 3.18. The quantitative estimate of drug-likeness (QED) is 0.811. The van der Waals surface area contributed by atoms with Crippen molar-refractivity contribution in [1.82, 2.24) is 19.5 Å². The fourth-order valence-corrected chi connectivity index (χ4v) is 1.26. The van der Waals surface area contributed by atoms with Crippen LogP contribution in [-0.2, 0) is 0 Å². The Kier molecular flexibility index (Phi) is 2.99. The lowest BCUT2D eigenvalue weighted by Crippen LogP contribution is -2.11. The third kappa shape index (κ3) is 2.39. The van der Waals surface area contributed by atoms with E-state index < -0.39 is 5.91 Å². The van der Waals surface area contributed by atoms with Gasteiger partial charge in [0.15, 0.2) is 5.82 Å². The average molecular weight is 233 g/mol. The van der Waals surface area contributed by atoms with Gasteiger partial charge in [-0.25, -0.2) is 4.98 Å². The van der Waals surface area contributed by atoms with Crippen molar-refractivity contribution in [3.8, 4) is 11.7 Å². The first-order valence-electron chi connectivity index (χ1n) is 4.99. The lowest BCUT2D eigenvalue weighted by atomic mass is 10.5. The number of hydrogen-bond acceptors (Lipinski definition) is 5. The first-order valence-corrected chi connectivity index (χ1v) is 4.99. The Labute approximate surface area is 97.3 Å². The second-order valence-corrected chi connectivity index (χ2v) is 3.18. The molecule has 7 heteroatoms. The minimum atomic E-state index is -0.585. The molecule has 2 rings (SSSR count). The van der Waals surface area contributed by atoms with Crippen LogP contribution in [0.2, 0.25) is 0 Å². The summed E-state index contributed by atoms with van der Waals surface area (Å²) < 4.78 is 6.77. The maximum atomic E-state index is 10.9. The van der Waals surface area contributed by atoms with Crippen LogP contribution in [0.1, 0.15) is 17.4 Å². The van der Waals surface area contributed by atoms with E-state index in [1.54, 1.807) is 4.57 Å². The van der Waals surface area contributed by atoms with Crippen LogP contribution in [0.25, 0.3) is 5.82 Å². The Morgan fingerprint density at radius 2 is 2.35 bits per heavy atom. The lowest BCUT2D eigenvalue weighted by molar-refractivity contribution is 0.0996. The molecule has 0 atom stereocenters. The van der Waals surface area contributed by atoms with E-state index in [9.17, 15) is 4.79 Å². The third-order valence-electron chi connectivity index (χ3n) is 1.99. The standard InChI is InChI=1S/C10H11N5O2/c1-2-17-9-4-12-3-8(14-9)15-5-7(10(11)16)13-6-15/h3-6H,2H2,1H3,(H2,11,16). The van der Waals surface area contributed by atoms with Crippen LogP contribution in [-0.4, -0.2) is 32.0 Å². The molecule has 0 aliphatic heterocycles. The zero-order valence-electron chi connectivity index (χ0n) is 9.20. The highest BCUT2D eigenvalue weighted by molar-refractivity contribution is 5.90. The predicted molar refractivity (Wildman–Crippen MR) is 58.8 cm³/mol. The number of carbonyl (C=O) groups excluding carboxylic acids is 1. The minimum absolute atomic E-state index is 0.175. The van der Waals surface area contributed by atoms with Gasteiger partial charge in [0.05, 0.1) is 19.0 Å². The Bertz CT molecular complexity index is 537. The van der Waals surface area contributed by atoms with Gasteiger partial charge >= 0.3 is 0 Å². The van der Waals surface area contributed by atoms with Gasteiger partial charge in [0.2, 0.25) is 5.88 Å². The fourth-order valence-electron chi connectivity index (χ4n) is 1.26. The Hall–Kier alpha value is -2.44. The van der Waals surface area contributed by atoms with Crippen LogP contribution in [0.3, 0.4) is 0 Å². The number of amides is 1. The summed E-state index contributed by atoms with van der Waals surface area (Å²) in [6.07, 6.45) is 5.98. The zero-order valence-corrected chi connectivity index (χ0v) is 9.20. The maximum absolute atomic E-state index is 10.9. The average Bonchev–Trinajstić information content (AvgIpc) is 2.79. The van der Waals surface area contributed by atoms with Gasteiger partial charge in [-0.2, -0.15) is 4.98 Å². The van der Waals surface area contributed by atoms with Crippen molar-refractivity contribution in [2.24, 2.45) is 5.73 Å². The molecule has 0 bridgehead atoms. The molecule has 0 aromatic carbocycles. The highest BCUT2D eigenvalue weighted by Gasteiger charge is 2.07. The molecule has 17 heavy (non-hydrogen) atoms. The SMILES string of the molecule is CCOc1cncc(-n2cnc(C(N)=O)c2)n1. The molecule has 0 radical (unpaired) electrons. The van der Waals surface area contributed by atoms with Crippen LogP contribution in [0.5, 0.6) is 5.88 Å². The molecule has 0 saturated carbocycles. The summed E-state index contributed by atoms with van der Waals surface area (Å²) >= 11 is 0. The largest absolute Gasteiger partial charge is 0.477 e. The van der Waals surface area contributed by atoms with E-state index in [2.05, 4.69) is 15.0 Å². The predicted octanol–water partition coefficient (Wildman–Crippen LogP) is 0.160. The minimum Gasteiger partial charge on any atom is -0.477 e. The number of carbonyl (C=O) groups is 1. The maximum Gasteiger partial charge on any atom is 0.268 e. The number of rotatable bonds is 4. The Balaban J connectivity index is 2.31. The third-order valence-corrected chi connectivity index (χ3v) is 1.99. The molecule has 2 aromatic heterocycles. The van der Waals surface area contributed by atoms with Gasteiger partial charge in [-0.1, -0.05) is 0 Å². The van der Waals surface area contributed by atoms with E-state index in [4.69, 9.17) is 10.5 Å². The summed E-state index contributed by atoms with van der Waals surface area (Å²) in [5, 5.41) is 0. The van der Waals surface area contributed by atoms with E-state index in [1.807, 2.05) is 6.92 Å². The molecule has 0 fully saturated rings. The molecule has 0 saturated heterocycles. The molecule has 88 valence electrons. The van der Waals surface area contributed by atoms with Crippen LogP contribution in [0.15, 0.2) is 24.9 Å². The molecule has 0 aliphatic carbocycles. The molecule has 2 N–H and O–H groups in total. The van der Waals surface area contributed by atoms with Crippen molar-refractivity contribution in [1.29, 1.82) is 0 Å². The number of hydrogen-bond donors (Lipinski definition) is 1. The fraction of sp³-hybridized carbons (Fsp3) is 0.200. The Morgan fingerprint density at radius 3 is 3.00 bits per heavy atom. The van der Waals surface area contributed by atoms with E-state index >= 15 is 0 Å². The molecule has 0 aliphatic rings. The van der Waals surface area contributed by atoms with Gasteiger partial charge in [0.1, 0.15) is 12.0 Å². The van der Waals surface area contributed by atoms with Crippen LogP contribution >= 0.6 is 0 Å². The van der Waals surface area contributed by atoms with Crippen molar-refractivity contribution >= 4 is 5.91 Å². The molecule has 7 nitrogen and oxygen atoms in total. The van der Waals surface area contributed by atoms with Gasteiger partial charge in [-0.3, -0.25) is 14.3 Å². The molecular weight excluding hydrogens is 222 g/mol. The summed E-state index contributed by atoms with van der Waals surface area (Å²) in [6.45, 7) is 2.37. The highest BCUT2D eigenvalue weighted by atomic mass is 16.5. The summed E-state index contributed by atoms with van der Waals surface area (Å²) in [5.74, 6) is 0.341. The molecule has 0 unspecified atom stereocenters. The number of nitrogens with zero attached hydrogens (tertiary/aromatic N) is 4. The molecule has 2 aromatic rings. The topological polar surface area (TPSA) is 95.9 Å². The number of nitrogens with two attached hydrogens (primary N) is 1. The van der Waals surface area contributed by atoms with Crippen molar-refractivity contribution in [2.45, 2.75) is 6.92 Å². The van der Waals surface area contributed by atoms with Gasteiger partial charge in [-0.15, -0.1) is 0 Å². The molecule has 0 spiro atoms. The smallest absolute Gasteiger partial charge is 0.268 e. The number of imidazole rings is 1. The monoisotopic (exact) mass is 233 g/mol. The molecule has 1 amide bonds. The van der Waals surface area contributed by atoms with Crippen LogP contribution in [0.4, 0.5) is 0 Å². The zero-order chi connectivity index (χ0) is 12.3. The second kappa shape index (κ2) is 4.60. The van der Waals surface area contributed by atoms with Crippen molar-refractivity contribution in [2.75, 3.05) is 6.61 Å². The van der Waals surface area contributed by atoms with Gasteiger partial charge < -0.3 is 10.5 Å². The first-order chi connectivity index (χ1) is 8.20. The molecular formula is C10H11N5O2. The van der Waals surface area contributed by atoms with Crippen molar-refractivity contribution in [3.63, 3.8) is 0 Å². The highest BCUT2D eigenvalue weighted by Crippen LogP contribution is 2.09. The number of aromatic nitrogens is 4. The van der Waals surface area contributed by atoms with E-state index in [0.717, 1.165) is 0 Å². The van der Waals surface area contributed by atoms with E-state index in [-0.39, 0.29) is 5.69 Å². The normalized spacial score (nSPS) is 10.2. The first kappa shape index (κ1) is 11.1. The summed E-state index contributed by atoms with van der Waals surface area (Å²) in [5.41, 5.74) is 5.28. The summed E-state index contributed by atoms with van der Waals surface area (Å²) in [6, 6.07) is 0. The lowest BCUT2D eigenvalue weighted by Gasteiger charge is -2.03. The van der Waals surface area contributed by atoms with Gasteiger partial charge in [-0.05, 0) is 6.92 Å². The van der Waals surface area contributed by atoms with Crippen LogP contribution < -0.4 is 10.5 Å². The number of primary amides is 1. The van der Waals surface area contributed by atoms with Crippen molar-refractivity contribution in [3.05, 3.63) is 30.6 Å². The van der Waals surface area contributed by atoms with Gasteiger partial charge in [0, 0.05) is 6.20 Å². The summed E-state index contributed by atoms with van der Waals surface area (Å²) in [4.78, 5) is 22.9. The summed E-state index contributed by atoms with van der Waals surface area (Å²) in [7, 11) is 0. The number of ether oxygens (including phenoxy) is 1.